The number of carbonyl (C=O) groups is 1. The fourth-order valence-electron chi connectivity index (χ4n) is 3.81. The van der Waals surface area contributed by atoms with E-state index in [0.717, 1.165) is 40.4 Å². The molecule has 0 spiro atoms. The van der Waals surface area contributed by atoms with Crippen molar-refractivity contribution < 1.29 is 9.53 Å². The minimum Gasteiger partial charge on any atom is -0.464 e. The first-order valence-electron chi connectivity index (χ1n) is 11.9. The molecule has 0 atom stereocenters. The van der Waals surface area contributed by atoms with Gasteiger partial charge in [-0.25, -0.2) is 9.78 Å². The summed E-state index contributed by atoms with van der Waals surface area (Å²) in [6, 6.07) is 21.2. The number of hydrogen-bond donors (Lipinski definition) is 3. The molecule has 0 amide bonds. The highest BCUT2D eigenvalue weighted by Gasteiger charge is 2.24. The van der Waals surface area contributed by atoms with E-state index in [-0.39, 0.29) is 5.92 Å². The SMILES string of the molecule is CCC(CC)c1sc(Nc2ccccc2NC(=S)Nc2ccc(-c3ccccc3)nn2)nc1C(=O)OC. The van der Waals surface area contributed by atoms with Crippen LogP contribution >= 0.6 is 23.6 Å². The summed E-state index contributed by atoms with van der Waals surface area (Å²) in [6.45, 7) is 4.21. The lowest BCUT2D eigenvalue weighted by molar-refractivity contribution is 0.0593. The number of rotatable bonds is 9. The number of thiocarbonyl (C=S) groups is 1. The standard InChI is InChI=1S/C27H28N6O2S2/c1-4-17(5-2)24-23(25(34)35-3)31-27(37-24)29-21-14-10-9-13-20(21)28-26(36)30-22-16-15-19(32-33-22)18-11-7-6-8-12-18/h6-17H,4-5H2,1-3H3,(H,29,31)(H2,28,30,33,36). The fraction of sp³-hybridized carbons (Fsp3) is 0.222. The van der Waals surface area contributed by atoms with Crippen LogP contribution in [0, 0.1) is 0 Å². The Kier molecular flexibility index (Phi) is 8.76. The number of ether oxygens (including phenoxy) is 1. The van der Waals surface area contributed by atoms with Crippen molar-refractivity contribution in [2.75, 3.05) is 23.1 Å². The van der Waals surface area contributed by atoms with Crippen LogP contribution in [0.2, 0.25) is 0 Å². The molecule has 0 saturated heterocycles. The minimum absolute atomic E-state index is 0.238. The second-order valence-corrected chi connectivity index (χ2v) is 9.60. The summed E-state index contributed by atoms with van der Waals surface area (Å²) < 4.78 is 4.97. The van der Waals surface area contributed by atoms with Gasteiger partial charge in [0, 0.05) is 10.4 Å². The van der Waals surface area contributed by atoms with Crippen LogP contribution in [0.3, 0.4) is 0 Å². The van der Waals surface area contributed by atoms with E-state index in [0.29, 0.717) is 21.8 Å². The molecule has 0 aliphatic heterocycles. The van der Waals surface area contributed by atoms with E-state index < -0.39 is 5.97 Å². The first-order valence-corrected chi connectivity index (χ1v) is 13.2. The molecule has 0 bridgehead atoms. The van der Waals surface area contributed by atoms with Gasteiger partial charge in [-0.05, 0) is 55.2 Å². The molecule has 0 radical (unpaired) electrons. The van der Waals surface area contributed by atoms with Crippen molar-refractivity contribution >= 4 is 57.0 Å². The number of thiazole rings is 1. The zero-order chi connectivity index (χ0) is 26.2. The largest absolute Gasteiger partial charge is 0.464 e. The molecule has 4 aromatic rings. The zero-order valence-corrected chi connectivity index (χ0v) is 22.5. The van der Waals surface area contributed by atoms with Crippen molar-refractivity contribution in [1.82, 2.24) is 15.2 Å². The van der Waals surface area contributed by atoms with Gasteiger partial charge in [0.25, 0.3) is 0 Å². The highest BCUT2D eigenvalue weighted by molar-refractivity contribution is 7.80. The summed E-state index contributed by atoms with van der Waals surface area (Å²) >= 11 is 6.98. The third kappa shape index (κ3) is 6.46. The monoisotopic (exact) mass is 532 g/mol. The number of nitrogens with one attached hydrogen (secondary N) is 3. The molecule has 37 heavy (non-hydrogen) atoms. The Morgan fingerprint density at radius 3 is 2.30 bits per heavy atom. The van der Waals surface area contributed by atoms with Crippen LogP contribution in [-0.2, 0) is 4.74 Å². The molecule has 2 aromatic heterocycles. The molecule has 0 fully saturated rings. The molecule has 2 heterocycles. The molecule has 190 valence electrons. The van der Waals surface area contributed by atoms with Crippen molar-refractivity contribution in [2.24, 2.45) is 0 Å². The topological polar surface area (TPSA) is 101 Å². The van der Waals surface area contributed by atoms with Crippen molar-refractivity contribution in [2.45, 2.75) is 32.6 Å². The Hall–Kier alpha value is -3.89. The molecule has 8 nitrogen and oxygen atoms in total. The van der Waals surface area contributed by atoms with Crippen LogP contribution in [0.1, 0.15) is 48.0 Å². The average Bonchev–Trinajstić information content (AvgIpc) is 3.34. The molecule has 0 aliphatic carbocycles. The zero-order valence-electron chi connectivity index (χ0n) is 20.8. The molecule has 0 saturated carbocycles. The second kappa shape index (κ2) is 12.4. The maximum atomic E-state index is 12.4. The molecule has 3 N–H and O–H groups in total. The van der Waals surface area contributed by atoms with E-state index in [4.69, 9.17) is 17.0 Å². The predicted molar refractivity (Wildman–Crippen MR) is 154 cm³/mol. The lowest BCUT2D eigenvalue weighted by atomic mass is 10.0. The highest BCUT2D eigenvalue weighted by Crippen LogP contribution is 2.36. The molecule has 10 heteroatoms. The van der Waals surface area contributed by atoms with Crippen molar-refractivity contribution in [3.8, 4) is 11.3 Å². The molecule has 0 unspecified atom stereocenters. The summed E-state index contributed by atoms with van der Waals surface area (Å²) in [6.07, 6.45) is 1.82. The maximum absolute atomic E-state index is 12.4. The predicted octanol–water partition coefficient (Wildman–Crippen LogP) is 6.84. The molecular weight excluding hydrogens is 504 g/mol. The van der Waals surface area contributed by atoms with Gasteiger partial charge in [-0.1, -0.05) is 56.3 Å². The number of methoxy groups -OCH3 is 1. The highest BCUT2D eigenvalue weighted by atomic mass is 32.1. The lowest BCUT2D eigenvalue weighted by Crippen LogP contribution is -2.20. The van der Waals surface area contributed by atoms with E-state index in [2.05, 4.69) is 45.0 Å². The Balaban J connectivity index is 1.48. The van der Waals surface area contributed by atoms with Crippen LogP contribution in [0.25, 0.3) is 11.3 Å². The van der Waals surface area contributed by atoms with Crippen LogP contribution < -0.4 is 16.0 Å². The number of benzene rings is 2. The number of anilines is 4. The third-order valence-corrected chi connectivity index (χ3v) is 7.12. The van der Waals surface area contributed by atoms with E-state index in [9.17, 15) is 4.79 Å². The van der Waals surface area contributed by atoms with Crippen LogP contribution in [0.4, 0.5) is 22.3 Å². The number of carbonyl (C=O) groups excluding carboxylic acids is 1. The normalized spacial score (nSPS) is 10.7. The van der Waals surface area contributed by atoms with Gasteiger partial charge in [0.1, 0.15) is 0 Å². The van der Waals surface area contributed by atoms with Crippen molar-refractivity contribution in [1.29, 1.82) is 0 Å². The van der Waals surface area contributed by atoms with E-state index in [1.54, 1.807) is 0 Å². The molecular formula is C27H28N6O2S2. The maximum Gasteiger partial charge on any atom is 0.357 e. The number of para-hydroxylation sites is 2. The lowest BCUT2D eigenvalue weighted by Gasteiger charge is -2.14. The Morgan fingerprint density at radius 1 is 0.946 bits per heavy atom. The number of aromatic nitrogens is 3. The van der Waals surface area contributed by atoms with E-state index in [1.807, 2.05) is 66.7 Å². The fourth-order valence-corrected chi connectivity index (χ4v) is 5.26. The van der Waals surface area contributed by atoms with Gasteiger partial charge in [-0.2, -0.15) is 0 Å². The Labute approximate surface area is 225 Å². The second-order valence-electron chi connectivity index (χ2n) is 8.16. The van der Waals surface area contributed by atoms with Crippen LogP contribution in [0.5, 0.6) is 0 Å². The third-order valence-electron chi connectivity index (χ3n) is 5.78. The minimum atomic E-state index is -0.428. The average molecular weight is 533 g/mol. The van der Waals surface area contributed by atoms with Crippen molar-refractivity contribution in [3.63, 3.8) is 0 Å². The summed E-state index contributed by atoms with van der Waals surface area (Å²) in [5.41, 5.74) is 3.64. The number of hydrogen-bond acceptors (Lipinski definition) is 8. The Morgan fingerprint density at radius 2 is 1.65 bits per heavy atom. The van der Waals surface area contributed by atoms with Crippen LogP contribution in [-0.4, -0.2) is 33.4 Å². The van der Waals surface area contributed by atoms with Crippen LogP contribution in [0.15, 0.2) is 66.7 Å². The first kappa shape index (κ1) is 26.2. The Bertz CT molecular complexity index is 1360. The van der Waals surface area contributed by atoms with E-state index >= 15 is 0 Å². The van der Waals surface area contributed by atoms with Gasteiger partial charge >= 0.3 is 5.97 Å². The van der Waals surface area contributed by atoms with Gasteiger partial charge in [-0.15, -0.1) is 21.5 Å². The van der Waals surface area contributed by atoms with Gasteiger partial charge in [0.05, 0.1) is 24.2 Å². The summed E-state index contributed by atoms with van der Waals surface area (Å²) in [5, 5.41) is 19.1. The smallest absolute Gasteiger partial charge is 0.357 e. The summed E-state index contributed by atoms with van der Waals surface area (Å²) in [4.78, 5) is 17.9. The quantitative estimate of drug-likeness (QED) is 0.158. The van der Waals surface area contributed by atoms with Gasteiger partial charge in [-0.3, -0.25) is 0 Å². The number of nitrogens with zero attached hydrogens (tertiary/aromatic N) is 3. The van der Waals surface area contributed by atoms with Gasteiger partial charge in [0.15, 0.2) is 21.8 Å². The summed E-state index contributed by atoms with van der Waals surface area (Å²) in [7, 11) is 1.37. The van der Waals surface area contributed by atoms with E-state index in [1.165, 1.54) is 18.4 Å². The first-order chi connectivity index (χ1) is 18.0. The summed E-state index contributed by atoms with van der Waals surface area (Å²) in [5.74, 6) is 0.337. The molecule has 2 aromatic carbocycles. The molecule has 0 aliphatic rings. The van der Waals surface area contributed by atoms with Gasteiger partial charge in [0.2, 0.25) is 0 Å². The van der Waals surface area contributed by atoms with Gasteiger partial charge < -0.3 is 20.7 Å². The molecule has 4 rings (SSSR count). The van der Waals surface area contributed by atoms with Crippen molar-refractivity contribution in [3.05, 3.63) is 77.3 Å². The number of esters is 1.